The van der Waals surface area contributed by atoms with Crippen molar-refractivity contribution in [1.82, 2.24) is 10.2 Å². The van der Waals surface area contributed by atoms with Gasteiger partial charge in [0.1, 0.15) is 11.8 Å². The van der Waals surface area contributed by atoms with Crippen molar-refractivity contribution in [2.45, 2.75) is 84.3 Å². The van der Waals surface area contributed by atoms with Gasteiger partial charge in [0.2, 0.25) is 11.8 Å². The van der Waals surface area contributed by atoms with Gasteiger partial charge in [-0.2, -0.15) is 0 Å². The predicted octanol–water partition coefficient (Wildman–Crippen LogP) is 5.29. The Morgan fingerprint density at radius 3 is 2.41 bits per heavy atom. The number of nitrogens with zero attached hydrogens (tertiary/aromatic N) is 1. The maximum absolute atomic E-state index is 13.6. The first-order chi connectivity index (χ1) is 17.9. The van der Waals surface area contributed by atoms with Crippen molar-refractivity contribution >= 4 is 11.8 Å². The molecule has 1 atom stereocenters. The molecular weight excluding hydrogens is 468 g/mol. The van der Waals surface area contributed by atoms with Crippen LogP contribution in [0.15, 0.2) is 42.5 Å². The SMILES string of the molecule is CCOc1ccc(CCC(=O)N(Cc2cccc(OC)c2)[C@@H](C)C(=O)NC2CCCCC2)cc1OCC. The molecule has 202 valence electrons. The molecule has 2 aromatic carbocycles. The zero-order valence-electron chi connectivity index (χ0n) is 22.8. The molecule has 1 saturated carbocycles. The number of benzene rings is 2. The van der Waals surface area contributed by atoms with Crippen molar-refractivity contribution in [3.63, 3.8) is 0 Å². The van der Waals surface area contributed by atoms with Gasteiger partial charge in [-0.3, -0.25) is 9.59 Å². The van der Waals surface area contributed by atoms with Crippen molar-refractivity contribution in [2.75, 3.05) is 20.3 Å². The first kappa shape index (κ1) is 28.4. The van der Waals surface area contributed by atoms with Crippen molar-refractivity contribution in [3.8, 4) is 17.2 Å². The van der Waals surface area contributed by atoms with Crippen LogP contribution in [-0.2, 0) is 22.6 Å². The second-order valence-electron chi connectivity index (χ2n) is 9.54. The highest BCUT2D eigenvalue weighted by molar-refractivity contribution is 5.87. The van der Waals surface area contributed by atoms with Crippen LogP contribution in [0.5, 0.6) is 17.2 Å². The molecule has 1 fully saturated rings. The molecule has 0 spiro atoms. The van der Waals surface area contributed by atoms with E-state index in [0.717, 1.165) is 42.6 Å². The third-order valence-corrected chi connectivity index (χ3v) is 6.84. The van der Waals surface area contributed by atoms with Gasteiger partial charge in [-0.1, -0.05) is 37.5 Å². The molecule has 0 aromatic heterocycles. The lowest BCUT2D eigenvalue weighted by atomic mass is 9.95. The summed E-state index contributed by atoms with van der Waals surface area (Å²) < 4.78 is 16.8. The van der Waals surface area contributed by atoms with Crippen LogP contribution in [0.4, 0.5) is 0 Å². The summed E-state index contributed by atoms with van der Waals surface area (Å²) in [5.74, 6) is 1.95. The smallest absolute Gasteiger partial charge is 0.242 e. The Labute approximate surface area is 221 Å². The molecule has 1 aliphatic rings. The first-order valence-corrected chi connectivity index (χ1v) is 13.6. The molecule has 7 heteroatoms. The van der Waals surface area contributed by atoms with Crippen LogP contribution in [0.2, 0.25) is 0 Å². The van der Waals surface area contributed by atoms with E-state index in [1.807, 2.05) is 63.2 Å². The topological polar surface area (TPSA) is 77.1 Å². The van der Waals surface area contributed by atoms with Gasteiger partial charge in [-0.15, -0.1) is 0 Å². The Kier molecular flexibility index (Phi) is 11.1. The van der Waals surface area contributed by atoms with Crippen LogP contribution in [0.3, 0.4) is 0 Å². The van der Waals surface area contributed by atoms with Gasteiger partial charge in [-0.05, 0) is 75.4 Å². The number of hydrogen-bond donors (Lipinski definition) is 1. The lowest BCUT2D eigenvalue weighted by molar-refractivity contribution is -0.141. The number of ether oxygens (including phenoxy) is 3. The quantitative estimate of drug-likeness (QED) is 0.396. The van der Waals surface area contributed by atoms with Crippen LogP contribution in [0, 0.1) is 0 Å². The predicted molar refractivity (Wildman–Crippen MR) is 145 cm³/mol. The maximum atomic E-state index is 13.6. The second-order valence-corrected chi connectivity index (χ2v) is 9.54. The van der Waals surface area contributed by atoms with Crippen molar-refractivity contribution in [1.29, 1.82) is 0 Å². The summed E-state index contributed by atoms with van der Waals surface area (Å²) >= 11 is 0. The van der Waals surface area contributed by atoms with E-state index in [0.29, 0.717) is 37.7 Å². The molecule has 1 N–H and O–H groups in total. The molecule has 0 heterocycles. The van der Waals surface area contributed by atoms with Gasteiger partial charge < -0.3 is 24.4 Å². The Hall–Kier alpha value is -3.22. The third kappa shape index (κ3) is 8.41. The van der Waals surface area contributed by atoms with Gasteiger partial charge in [-0.25, -0.2) is 0 Å². The fourth-order valence-corrected chi connectivity index (χ4v) is 4.76. The molecule has 37 heavy (non-hydrogen) atoms. The summed E-state index contributed by atoms with van der Waals surface area (Å²) in [4.78, 5) is 28.4. The molecule has 0 saturated heterocycles. The van der Waals surface area contributed by atoms with Gasteiger partial charge in [0.15, 0.2) is 11.5 Å². The number of methoxy groups -OCH3 is 1. The summed E-state index contributed by atoms with van der Waals surface area (Å²) in [5.41, 5.74) is 1.91. The van der Waals surface area contributed by atoms with E-state index in [-0.39, 0.29) is 24.3 Å². The van der Waals surface area contributed by atoms with E-state index in [9.17, 15) is 9.59 Å². The van der Waals surface area contributed by atoms with Crippen molar-refractivity contribution in [2.24, 2.45) is 0 Å². The monoisotopic (exact) mass is 510 g/mol. The van der Waals surface area contributed by atoms with Gasteiger partial charge in [0.05, 0.1) is 20.3 Å². The number of carbonyl (C=O) groups excluding carboxylic acids is 2. The Morgan fingerprint density at radius 2 is 1.70 bits per heavy atom. The first-order valence-electron chi connectivity index (χ1n) is 13.6. The standard InChI is InChI=1S/C30H42N2O5/c1-5-36-27-17-15-23(20-28(27)37-6-2)16-18-29(33)32(21-24-11-10-14-26(19-24)35-4)22(3)30(34)31-25-12-8-7-9-13-25/h10-11,14-15,17,19-20,22,25H,5-9,12-13,16,18,21H2,1-4H3,(H,31,34)/t22-/m0/s1. The van der Waals surface area contributed by atoms with Gasteiger partial charge in [0.25, 0.3) is 0 Å². The highest BCUT2D eigenvalue weighted by Crippen LogP contribution is 2.29. The van der Waals surface area contributed by atoms with E-state index in [1.54, 1.807) is 12.0 Å². The van der Waals surface area contributed by atoms with Crippen molar-refractivity contribution < 1.29 is 23.8 Å². The number of carbonyl (C=O) groups is 2. The summed E-state index contributed by atoms with van der Waals surface area (Å²) in [6.45, 7) is 7.11. The van der Waals surface area contributed by atoms with Crippen LogP contribution in [0.1, 0.15) is 70.4 Å². The molecule has 0 aliphatic heterocycles. The lowest BCUT2D eigenvalue weighted by Crippen LogP contribution is -2.50. The molecule has 0 unspecified atom stereocenters. The van der Waals surface area contributed by atoms with Crippen LogP contribution < -0.4 is 19.5 Å². The van der Waals surface area contributed by atoms with Crippen LogP contribution in [0.25, 0.3) is 0 Å². The fourth-order valence-electron chi connectivity index (χ4n) is 4.76. The molecule has 2 aromatic rings. The molecule has 0 bridgehead atoms. The molecule has 0 radical (unpaired) electrons. The summed E-state index contributed by atoms with van der Waals surface area (Å²) in [6, 6.07) is 13.0. The molecular formula is C30H42N2O5. The van der Waals surface area contributed by atoms with E-state index in [1.165, 1.54) is 6.42 Å². The summed E-state index contributed by atoms with van der Waals surface area (Å²) in [6.07, 6.45) is 6.32. The maximum Gasteiger partial charge on any atom is 0.242 e. The number of rotatable bonds is 13. The normalized spacial score (nSPS) is 14.5. The minimum absolute atomic E-state index is 0.0686. The average molecular weight is 511 g/mol. The second kappa shape index (κ2) is 14.5. The van der Waals surface area contributed by atoms with Crippen molar-refractivity contribution in [3.05, 3.63) is 53.6 Å². The third-order valence-electron chi connectivity index (χ3n) is 6.84. The minimum atomic E-state index is -0.583. The number of nitrogens with one attached hydrogen (secondary N) is 1. The molecule has 3 rings (SSSR count). The van der Waals surface area contributed by atoms with E-state index in [4.69, 9.17) is 14.2 Å². The van der Waals surface area contributed by atoms with Gasteiger partial charge in [0, 0.05) is 19.0 Å². The van der Waals surface area contributed by atoms with Crippen LogP contribution >= 0.6 is 0 Å². The highest BCUT2D eigenvalue weighted by atomic mass is 16.5. The number of aryl methyl sites for hydroxylation is 1. The summed E-state index contributed by atoms with van der Waals surface area (Å²) in [7, 11) is 1.62. The van der Waals surface area contributed by atoms with E-state index >= 15 is 0 Å². The minimum Gasteiger partial charge on any atom is -0.497 e. The number of amides is 2. The summed E-state index contributed by atoms with van der Waals surface area (Å²) in [5, 5.41) is 3.19. The molecule has 7 nitrogen and oxygen atoms in total. The van der Waals surface area contributed by atoms with Gasteiger partial charge >= 0.3 is 0 Å². The zero-order chi connectivity index (χ0) is 26.6. The highest BCUT2D eigenvalue weighted by Gasteiger charge is 2.28. The van der Waals surface area contributed by atoms with E-state index < -0.39 is 6.04 Å². The lowest BCUT2D eigenvalue weighted by Gasteiger charge is -2.31. The Bertz CT molecular complexity index is 1020. The zero-order valence-corrected chi connectivity index (χ0v) is 22.8. The van der Waals surface area contributed by atoms with E-state index in [2.05, 4.69) is 5.32 Å². The Morgan fingerprint density at radius 1 is 0.973 bits per heavy atom. The molecule has 2 amide bonds. The largest absolute Gasteiger partial charge is 0.497 e. The average Bonchev–Trinajstić information content (AvgIpc) is 2.92. The molecule has 1 aliphatic carbocycles. The fraction of sp³-hybridized carbons (Fsp3) is 0.533. The number of hydrogen-bond acceptors (Lipinski definition) is 5. The van der Waals surface area contributed by atoms with Crippen LogP contribution in [-0.4, -0.2) is 49.1 Å². The Balaban J connectivity index is 1.74.